The van der Waals surface area contributed by atoms with Crippen molar-refractivity contribution >= 4 is 5.91 Å². The lowest BCUT2D eigenvalue weighted by Gasteiger charge is -2.36. The van der Waals surface area contributed by atoms with Gasteiger partial charge in [0.25, 0.3) is 0 Å². The van der Waals surface area contributed by atoms with Crippen LogP contribution in [0.5, 0.6) is 0 Å². The summed E-state index contributed by atoms with van der Waals surface area (Å²) in [5, 5.41) is 3.29. The van der Waals surface area contributed by atoms with E-state index in [2.05, 4.69) is 12.2 Å². The Morgan fingerprint density at radius 2 is 2.25 bits per heavy atom. The molecule has 4 nitrogen and oxygen atoms in total. The van der Waals surface area contributed by atoms with Gasteiger partial charge < -0.3 is 15.0 Å². The van der Waals surface area contributed by atoms with Gasteiger partial charge in [-0.3, -0.25) is 4.79 Å². The SMILES string of the molecule is CNC1CCN(C(=O)COC(C)C)CC1C. The van der Waals surface area contributed by atoms with Crippen molar-refractivity contribution < 1.29 is 9.53 Å². The number of rotatable bonds is 4. The zero-order valence-corrected chi connectivity index (χ0v) is 10.8. The van der Waals surface area contributed by atoms with Crippen molar-refractivity contribution in [3.05, 3.63) is 0 Å². The Morgan fingerprint density at radius 3 is 2.75 bits per heavy atom. The molecule has 1 saturated heterocycles. The molecular weight excluding hydrogens is 204 g/mol. The number of hydrogen-bond acceptors (Lipinski definition) is 3. The monoisotopic (exact) mass is 228 g/mol. The van der Waals surface area contributed by atoms with E-state index in [-0.39, 0.29) is 18.6 Å². The van der Waals surface area contributed by atoms with Gasteiger partial charge in [-0.05, 0) is 33.2 Å². The Hall–Kier alpha value is -0.610. The van der Waals surface area contributed by atoms with Gasteiger partial charge in [0, 0.05) is 19.1 Å². The summed E-state index contributed by atoms with van der Waals surface area (Å²) in [6.07, 6.45) is 1.15. The molecule has 1 aliphatic heterocycles. The number of ether oxygens (including phenoxy) is 1. The van der Waals surface area contributed by atoms with Crippen LogP contribution in [-0.2, 0) is 9.53 Å². The molecule has 0 saturated carbocycles. The summed E-state index contributed by atoms with van der Waals surface area (Å²) in [7, 11) is 1.99. The summed E-state index contributed by atoms with van der Waals surface area (Å²) in [4.78, 5) is 13.7. The molecule has 0 spiro atoms. The molecule has 4 heteroatoms. The second kappa shape index (κ2) is 6.21. The Morgan fingerprint density at radius 1 is 1.56 bits per heavy atom. The second-order valence-electron chi connectivity index (χ2n) is 4.86. The van der Waals surface area contributed by atoms with E-state index in [1.165, 1.54) is 0 Å². The van der Waals surface area contributed by atoms with E-state index < -0.39 is 0 Å². The summed E-state index contributed by atoms with van der Waals surface area (Å²) < 4.78 is 5.34. The van der Waals surface area contributed by atoms with E-state index in [0.29, 0.717) is 12.0 Å². The van der Waals surface area contributed by atoms with Gasteiger partial charge in [0.15, 0.2) is 0 Å². The minimum absolute atomic E-state index is 0.120. The molecule has 1 fully saturated rings. The third-order valence-electron chi connectivity index (χ3n) is 3.17. The fourth-order valence-corrected chi connectivity index (χ4v) is 2.13. The van der Waals surface area contributed by atoms with Crippen molar-refractivity contribution in [2.24, 2.45) is 5.92 Å². The van der Waals surface area contributed by atoms with Gasteiger partial charge >= 0.3 is 0 Å². The molecule has 0 aromatic rings. The molecule has 2 unspecified atom stereocenters. The highest BCUT2D eigenvalue weighted by Crippen LogP contribution is 2.16. The van der Waals surface area contributed by atoms with Crippen molar-refractivity contribution in [3.63, 3.8) is 0 Å². The average molecular weight is 228 g/mol. The molecule has 1 amide bonds. The zero-order chi connectivity index (χ0) is 12.1. The van der Waals surface area contributed by atoms with E-state index in [1.807, 2.05) is 25.8 Å². The summed E-state index contributed by atoms with van der Waals surface area (Å²) >= 11 is 0. The van der Waals surface area contributed by atoms with Crippen LogP contribution in [0.2, 0.25) is 0 Å². The average Bonchev–Trinajstić information content (AvgIpc) is 2.25. The number of piperidine rings is 1. The van der Waals surface area contributed by atoms with Crippen LogP contribution in [0.1, 0.15) is 27.2 Å². The standard InChI is InChI=1S/C12H24N2O2/c1-9(2)16-8-12(15)14-6-5-11(13-4)10(3)7-14/h9-11,13H,5-8H2,1-4H3. The Labute approximate surface area is 98.3 Å². The van der Waals surface area contributed by atoms with Crippen LogP contribution in [0.4, 0.5) is 0 Å². The molecule has 0 radical (unpaired) electrons. The van der Waals surface area contributed by atoms with Crippen molar-refractivity contribution in [3.8, 4) is 0 Å². The van der Waals surface area contributed by atoms with Crippen LogP contribution in [0, 0.1) is 5.92 Å². The van der Waals surface area contributed by atoms with Gasteiger partial charge in [0.1, 0.15) is 6.61 Å². The van der Waals surface area contributed by atoms with E-state index in [0.717, 1.165) is 19.5 Å². The van der Waals surface area contributed by atoms with Crippen molar-refractivity contribution in [1.29, 1.82) is 0 Å². The molecular formula is C12H24N2O2. The number of nitrogens with one attached hydrogen (secondary N) is 1. The number of likely N-dealkylation sites (tertiary alicyclic amines) is 1. The second-order valence-corrected chi connectivity index (χ2v) is 4.86. The third kappa shape index (κ3) is 3.76. The first-order valence-electron chi connectivity index (χ1n) is 6.11. The predicted molar refractivity (Wildman–Crippen MR) is 64.3 cm³/mol. The van der Waals surface area contributed by atoms with Gasteiger partial charge in [0.05, 0.1) is 6.10 Å². The number of carbonyl (C=O) groups is 1. The van der Waals surface area contributed by atoms with E-state index in [4.69, 9.17) is 4.74 Å². The normalized spacial score (nSPS) is 26.2. The molecule has 0 aromatic carbocycles. The molecule has 16 heavy (non-hydrogen) atoms. The molecule has 1 aliphatic rings. The summed E-state index contributed by atoms with van der Waals surface area (Å²) in [6, 6.07) is 0.537. The maximum Gasteiger partial charge on any atom is 0.248 e. The Bertz CT molecular complexity index is 231. The van der Waals surface area contributed by atoms with Crippen LogP contribution in [0.15, 0.2) is 0 Å². The topological polar surface area (TPSA) is 41.6 Å². The summed E-state index contributed by atoms with van der Waals surface area (Å²) in [5.41, 5.74) is 0. The first-order chi connectivity index (χ1) is 7.54. The van der Waals surface area contributed by atoms with Crippen LogP contribution < -0.4 is 5.32 Å². The maximum absolute atomic E-state index is 11.8. The lowest BCUT2D eigenvalue weighted by atomic mass is 9.94. The highest BCUT2D eigenvalue weighted by Gasteiger charge is 2.27. The predicted octanol–water partition coefficient (Wildman–Crippen LogP) is 0.868. The quantitative estimate of drug-likeness (QED) is 0.776. The molecule has 94 valence electrons. The van der Waals surface area contributed by atoms with Gasteiger partial charge in [-0.25, -0.2) is 0 Å². The summed E-state index contributed by atoms with van der Waals surface area (Å²) in [5.74, 6) is 0.636. The molecule has 0 aliphatic carbocycles. The molecule has 2 atom stereocenters. The number of nitrogens with zero attached hydrogens (tertiary/aromatic N) is 1. The number of hydrogen-bond donors (Lipinski definition) is 1. The van der Waals surface area contributed by atoms with Crippen molar-refractivity contribution in [2.45, 2.75) is 39.3 Å². The highest BCUT2D eigenvalue weighted by molar-refractivity contribution is 5.77. The van der Waals surface area contributed by atoms with Crippen molar-refractivity contribution in [2.75, 3.05) is 26.7 Å². The fourth-order valence-electron chi connectivity index (χ4n) is 2.13. The zero-order valence-electron chi connectivity index (χ0n) is 10.8. The largest absolute Gasteiger partial charge is 0.369 e. The molecule has 1 N–H and O–H groups in total. The molecule has 0 aromatic heterocycles. The van der Waals surface area contributed by atoms with Gasteiger partial charge in [-0.15, -0.1) is 0 Å². The first-order valence-corrected chi connectivity index (χ1v) is 6.11. The Kier molecular flexibility index (Phi) is 5.22. The van der Waals surface area contributed by atoms with Crippen LogP contribution in [0.3, 0.4) is 0 Å². The first kappa shape index (κ1) is 13.5. The Balaban J connectivity index is 2.36. The lowest BCUT2D eigenvalue weighted by molar-refractivity contribution is -0.139. The van der Waals surface area contributed by atoms with E-state index >= 15 is 0 Å². The minimum atomic E-state index is 0.120. The van der Waals surface area contributed by atoms with E-state index in [9.17, 15) is 4.79 Å². The molecule has 0 bridgehead atoms. The van der Waals surface area contributed by atoms with Gasteiger partial charge in [-0.1, -0.05) is 6.92 Å². The number of amides is 1. The highest BCUT2D eigenvalue weighted by atomic mass is 16.5. The van der Waals surface area contributed by atoms with E-state index in [1.54, 1.807) is 0 Å². The summed E-state index contributed by atoms with van der Waals surface area (Å²) in [6.45, 7) is 7.98. The van der Waals surface area contributed by atoms with Crippen LogP contribution in [0.25, 0.3) is 0 Å². The third-order valence-corrected chi connectivity index (χ3v) is 3.17. The van der Waals surface area contributed by atoms with Gasteiger partial charge in [0.2, 0.25) is 5.91 Å². The maximum atomic E-state index is 11.8. The fraction of sp³-hybridized carbons (Fsp3) is 0.917. The van der Waals surface area contributed by atoms with Crippen molar-refractivity contribution in [1.82, 2.24) is 10.2 Å². The van der Waals surface area contributed by atoms with Crippen LogP contribution in [-0.4, -0.2) is 49.7 Å². The minimum Gasteiger partial charge on any atom is -0.369 e. The lowest BCUT2D eigenvalue weighted by Crippen LogP contribution is -2.50. The van der Waals surface area contributed by atoms with Gasteiger partial charge in [-0.2, -0.15) is 0 Å². The number of carbonyl (C=O) groups excluding carboxylic acids is 1. The molecule has 1 heterocycles. The smallest absolute Gasteiger partial charge is 0.248 e. The van der Waals surface area contributed by atoms with Crippen LogP contribution >= 0.6 is 0 Å². The molecule has 1 rings (SSSR count).